The van der Waals surface area contributed by atoms with E-state index in [1.807, 2.05) is 0 Å². The number of rotatable bonds is 6. The number of halogens is 2. The fourth-order valence-corrected chi connectivity index (χ4v) is 2.15. The molecule has 2 atom stereocenters. The zero-order valence-electron chi connectivity index (χ0n) is 14.0. The molecule has 7 heteroatoms. The number of amides is 2. The van der Waals surface area contributed by atoms with Gasteiger partial charge in [0.25, 0.3) is 11.8 Å². The number of benzene rings is 2. The van der Waals surface area contributed by atoms with E-state index in [0.29, 0.717) is 16.3 Å². The van der Waals surface area contributed by atoms with Crippen LogP contribution in [-0.4, -0.2) is 31.4 Å². The lowest BCUT2D eigenvalue weighted by Crippen LogP contribution is -3.14. The standard InChI is InChI=1S/C18H19F2N3O2/c1-12(18(25)22-16-9-5-14(20)6-10-16)23(2)11-17(24)21-15-7-3-13(19)4-8-15/h3-10,12H,11H2,1-2H3,(H,21,24)(H,22,25)/p+1/t12-/m1/s1. The largest absolute Gasteiger partial charge is 0.321 e. The summed E-state index contributed by atoms with van der Waals surface area (Å²) in [6.07, 6.45) is 0. The van der Waals surface area contributed by atoms with E-state index < -0.39 is 6.04 Å². The number of hydrogen-bond donors (Lipinski definition) is 3. The van der Waals surface area contributed by atoms with Gasteiger partial charge in [-0.2, -0.15) is 0 Å². The van der Waals surface area contributed by atoms with Gasteiger partial charge in [-0.1, -0.05) is 0 Å². The predicted octanol–water partition coefficient (Wildman–Crippen LogP) is 1.45. The van der Waals surface area contributed by atoms with Crippen molar-refractivity contribution in [2.24, 2.45) is 0 Å². The van der Waals surface area contributed by atoms with Crippen LogP contribution in [0.2, 0.25) is 0 Å². The van der Waals surface area contributed by atoms with Crippen LogP contribution in [0.4, 0.5) is 20.2 Å². The van der Waals surface area contributed by atoms with Gasteiger partial charge in [0.2, 0.25) is 0 Å². The number of carbonyl (C=O) groups is 2. The highest BCUT2D eigenvalue weighted by molar-refractivity contribution is 5.94. The van der Waals surface area contributed by atoms with Gasteiger partial charge < -0.3 is 15.5 Å². The van der Waals surface area contributed by atoms with E-state index in [9.17, 15) is 18.4 Å². The third kappa shape index (κ3) is 5.65. The molecule has 0 spiro atoms. The molecule has 2 aromatic rings. The monoisotopic (exact) mass is 348 g/mol. The molecule has 2 amide bonds. The number of nitrogens with one attached hydrogen (secondary N) is 3. The van der Waals surface area contributed by atoms with E-state index in [1.165, 1.54) is 48.5 Å². The zero-order chi connectivity index (χ0) is 18.4. The van der Waals surface area contributed by atoms with E-state index in [1.54, 1.807) is 14.0 Å². The molecule has 0 saturated carbocycles. The maximum absolute atomic E-state index is 12.9. The number of anilines is 2. The third-order valence-corrected chi connectivity index (χ3v) is 3.81. The van der Waals surface area contributed by atoms with E-state index in [4.69, 9.17) is 0 Å². The minimum atomic E-state index is -0.496. The number of hydrogen-bond acceptors (Lipinski definition) is 2. The quantitative estimate of drug-likeness (QED) is 0.740. The highest BCUT2D eigenvalue weighted by Crippen LogP contribution is 2.09. The maximum atomic E-state index is 12.9. The second kappa shape index (κ2) is 8.34. The lowest BCUT2D eigenvalue weighted by atomic mass is 10.2. The summed E-state index contributed by atoms with van der Waals surface area (Å²) in [4.78, 5) is 24.9. The Labute approximate surface area is 144 Å². The molecule has 0 bridgehead atoms. The van der Waals surface area contributed by atoms with Crippen molar-refractivity contribution in [2.45, 2.75) is 13.0 Å². The van der Waals surface area contributed by atoms with Gasteiger partial charge in [-0.25, -0.2) is 8.78 Å². The van der Waals surface area contributed by atoms with Crippen molar-refractivity contribution in [3.63, 3.8) is 0 Å². The van der Waals surface area contributed by atoms with Gasteiger partial charge in [0.1, 0.15) is 11.6 Å². The SMILES string of the molecule is C[C@H](C(=O)Nc1ccc(F)cc1)[NH+](C)CC(=O)Nc1ccc(F)cc1. The van der Waals surface area contributed by atoms with Crippen molar-refractivity contribution in [1.29, 1.82) is 0 Å². The van der Waals surface area contributed by atoms with Crippen molar-refractivity contribution >= 4 is 23.2 Å². The van der Waals surface area contributed by atoms with E-state index in [-0.39, 0.29) is 30.0 Å². The second-order valence-electron chi connectivity index (χ2n) is 5.80. The molecule has 3 N–H and O–H groups in total. The third-order valence-electron chi connectivity index (χ3n) is 3.81. The molecular formula is C18H20F2N3O2+. The van der Waals surface area contributed by atoms with Gasteiger partial charge >= 0.3 is 0 Å². The topological polar surface area (TPSA) is 62.6 Å². The van der Waals surface area contributed by atoms with E-state index in [2.05, 4.69) is 10.6 Å². The van der Waals surface area contributed by atoms with Crippen LogP contribution >= 0.6 is 0 Å². The van der Waals surface area contributed by atoms with Crippen molar-refractivity contribution in [3.05, 3.63) is 60.2 Å². The molecule has 0 heterocycles. The summed E-state index contributed by atoms with van der Waals surface area (Å²) < 4.78 is 25.7. The molecule has 0 aromatic heterocycles. The first-order valence-corrected chi connectivity index (χ1v) is 7.79. The lowest BCUT2D eigenvalue weighted by Gasteiger charge is -2.20. The van der Waals surface area contributed by atoms with Crippen LogP contribution in [0.5, 0.6) is 0 Å². The Morgan fingerprint density at radius 2 is 1.36 bits per heavy atom. The van der Waals surface area contributed by atoms with Crippen LogP contribution in [0.1, 0.15) is 6.92 Å². The molecule has 0 fully saturated rings. The molecule has 2 aromatic carbocycles. The van der Waals surface area contributed by atoms with Crippen LogP contribution in [0, 0.1) is 11.6 Å². The normalized spacial score (nSPS) is 13.0. The lowest BCUT2D eigenvalue weighted by molar-refractivity contribution is -0.885. The van der Waals surface area contributed by atoms with Crippen LogP contribution in [0.3, 0.4) is 0 Å². The Hall–Kier alpha value is -2.80. The van der Waals surface area contributed by atoms with E-state index >= 15 is 0 Å². The van der Waals surface area contributed by atoms with Gasteiger partial charge in [-0.15, -0.1) is 0 Å². The molecule has 0 aliphatic heterocycles. The Kier molecular flexibility index (Phi) is 6.19. The highest BCUT2D eigenvalue weighted by Gasteiger charge is 2.24. The second-order valence-corrected chi connectivity index (χ2v) is 5.80. The summed E-state index contributed by atoms with van der Waals surface area (Å²) in [5.41, 5.74) is 0.976. The average Bonchev–Trinajstić information content (AvgIpc) is 2.58. The first-order valence-electron chi connectivity index (χ1n) is 7.79. The minimum absolute atomic E-state index is 0.0649. The van der Waals surface area contributed by atoms with Crippen LogP contribution < -0.4 is 15.5 Å². The van der Waals surface area contributed by atoms with Gasteiger partial charge in [0, 0.05) is 11.4 Å². The Bertz CT molecular complexity index is 733. The number of likely N-dealkylation sites (N-methyl/N-ethyl adjacent to an activating group) is 1. The van der Waals surface area contributed by atoms with E-state index in [0.717, 1.165) is 0 Å². The van der Waals surface area contributed by atoms with Crippen molar-refractivity contribution in [1.82, 2.24) is 0 Å². The van der Waals surface area contributed by atoms with Gasteiger partial charge in [-0.3, -0.25) is 9.59 Å². The van der Waals surface area contributed by atoms with Crippen LogP contribution in [-0.2, 0) is 9.59 Å². The van der Waals surface area contributed by atoms with Gasteiger partial charge in [-0.05, 0) is 55.5 Å². The van der Waals surface area contributed by atoms with Gasteiger partial charge in [0.05, 0.1) is 7.05 Å². The first-order chi connectivity index (χ1) is 11.8. The molecule has 1 unspecified atom stereocenters. The van der Waals surface area contributed by atoms with Crippen LogP contribution in [0.25, 0.3) is 0 Å². The Morgan fingerprint density at radius 3 is 1.84 bits per heavy atom. The molecule has 0 saturated heterocycles. The van der Waals surface area contributed by atoms with Crippen molar-refractivity contribution in [3.8, 4) is 0 Å². The minimum Gasteiger partial charge on any atom is -0.321 e. The summed E-state index contributed by atoms with van der Waals surface area (Å²) >= 11 is 0. The highest BCUT2D eigenvalue weighted by atomic mass is 19.1. The molecule has 2 rings (SSSR count). The molecule has 132 valence electrons. The molecular weight excluding hydrogens is 328 g/mol. The number of quaternary nitrogens is 1. The fourth-order valence-electron chi connectivity index (χ4n) is 2.15. The van der Waals surface area contributed by atoms with Crippen molar-refractivity contribution < 1.29 is 23.3 Å². The average molecular weight is 348 g/mol. The molecule has 25 heavy (non-hydrogen) atoms. The summed E-state index contributed by atoms with van der Waals surface area (Å²) in [5, 5.41) is 5.33. The molecule has 0 aliphatic carbocycles. The summed E-state index contributed by atoms with van der Waals surface area (Å²) in [6.45, 7) is 1.76. The maximum Gasteiger partial charge on any atom is 0.282 e. The summed E-state index contributed by atoms with van der Waals surface area (Å²) in [7, 11) is 1.72. The predicted molar refractivity (Wildman–Crippen MR) is 91.3 cm³/mol. The summed E-state index contributed by atoms with van der Waals surface area (Å²) in [5.74, 6) is -1.33. The molecule has 5 nitrogen and oxygen atoms in total. The number of carbonyl (C=O) groups excluding carboxylic acids is 2. The van der Waals surface area contributed by atoms with Crippen LogP contribution in [0.15, 0.2) is 48.5 Å². The Balaban J connectivity index is 1.86. The summed E-state index contributed by atoms with van der Waals surface area (Å²) in [6, 6.07) is 10.4. The molecule has 0 aliphatic rings. The zero-order valence-corrected chi connectivity index (χ0v) is 14.0. The Morgan fingerprint density at radius 1 is 0.920 bits per heavy atom. The fraction of sp³-hybridized carbons (Fsp3) is 0.222. The smallest absolute Gasteiger partial charge is 0.282 e. The molecule has 0 radical (unpaired) electrons. The first kappa shape index (κ1) is 18.5. The van der Waals surface area contributed by atoms with Gasteiger partial charge in [0.15, 0.2) is 12.6 Å². The van der Waals surface area contributed by atoms with Crippen molar-refractivity contribution in [2.75, 3.05) is 24.2 Å².